The van der Waals surface area contributed by atoms with Crippen molar-refractivity contribution in [1.82, 2.24) is 0 Å². The van der Waals surface area contributed by atoms with Gasteiger partial charge in [-0.2, -0.15) is 0 Å². The Labute approximate surface area is 159 Å². The van der Waals surface area contributed by atoms with Gasteiger partial charge in [0.1, 0.15) is 35.9 Å². The number of hydrogen-bond acceptors (Lipinski definition) is 6. The van der Waals surface area contributed by atoms with Gasteiger partial charge in [-0.15, -0.1) is 0 Å². The molecule has 2 N–H and O–H groups in total. The zero-order valence-electron chi connectivity index (χ0n) is 16.0. The lowest BCUT2D eigenvalue weighted by Gasteiger charge is -2.26. The van der Waals surface area contributed by atoms with Crippen LogP contribution in [0.25, 0.3) is 0 Å². The largest absolute Gasteiger partial charge is 0.497 e. The molecule has 1 saturated heterocycles. The average molecular weight is 374 g/mol. The van der Waals surface area contributed by atoms with Gasteiger partial charge in [-0.1, -0.05) is 24.3 Å². The molecule has 2 aromatic carbocycles. The van der Waals surface area contributed by atoms with E-state index in [0.29, 0.717) is 22.6 Å². The molecule has 0 aliphatic carbocycles. The first-order chi connectivity index (χ1) is 12.8. The van der Waals surface area contributed by atoms with E-state index in [-0.39, 0.29) is 0 Å². The molecule has 0 radical (unpaired) electrons. The first kappa shape index (κ1) is 19.6. The van der Waals surface area contributed by atoms with Crippen molar-refractivity contribution in [2.75, 3.05) is 14.2 Å². The Morgan fingerprint density at radius 2 is 1.07 bits per heavy atom. The van der Waals surface area contributed by atoms with E-state index in [0.717, 1.165) is 0 Å². The molecule has 1 fully saturated rings. The highest BCUT2D eigenvalue weighted by molar-refractivity contribution is 5.31. The molecule has 0 spiro atoms. The Bertz CT molecular complexity index is 677. The smallest absolute Gasteiger partial charge is 0.164 e. The van der Waals surface area contributed by atoms with E-state index < -0.39 is 30.2 Å². The molecule has 2 aromatic rings. The maximum absolute atomic E-state index is 10.9. The highest BCUT2D eigenvalue weighted by atomic mass is 16.8. The third-order valence-corrected chi connectivity index (χ3v) is 4.70. The number of benzene rings is 2. The third-order valence-electron chi connectivity index (χ3n) is 4.70. The van der Waals surface area contributed by atoms with E-state index in [9.17, 15) is 10.2 Å². The fourth-order valence-electron chi connectivity index (χ4n) is 3.29. The number of aliphatic hydroxyl groups is 2. The van der Waals surface area contributed by atoms with Crippen molar-refractivity contribution in [1.29, 1.82) is 0 Å². The molecule has 1 aliphatic rings. The van der Waals surface area contributed by atoms with Crippen LogP contribution in [0.5, 0.6) is 11.5 Å². The van der Waals surface area contributed by atoms with E-state index >= 15 is 0 Å². The first-order valence-corrected chi connectivity index (χ1v) is 8.84. The topological polar surface area (TPSA) is 77.4 Å². The predicted molar refractivity (Wildman–Crippen MR) is 99.7 cm³/mol. The summed E-state index contributed by atoms with van der Waals surface area (Å²) >= 11 is 0. The van der Waals surface area contributed by atoms with Crippen LogP contribution in [0.4, 0.5) is 0 Å². The van der Waals surface area contributed by atoms with Crippen molar-refractivity contribution < 1.29 is 29.2 Å². The van der Waals surface area contributed by atoms with Crippen LogP contribution in [0, 0.1) is 0 Å². The summed E-state index contributed by atoms with van der Waals surface area (Å²) in [5.41, 5.74) is 1.32. The van der Waals surface area contributed by atoms with Crippen LogP contribution in [0.2, 0.25) is 0 Å². The zero-order chi connectivity index (χ0) is 19.6. The monoisotopic (exact) mass is 374 g/mol. The number of rotatable bonds is 6. The molecule has 4 atom stereocenters. The summed E-state index contributed by atoms with van der Waals surface area (Å²) in [7, 11) is 3.17. The van der Waals surface area contributed by atoms with Crippen LogP contribution in [0.1, 0.15) is 37.2 Å². The summed E-state index contributed by atoms with van der Waals surface area (Å²) in [5.74, 6) is 0.477. The molecule has 1 aliphatic heterocycles. The van der Waals surface area contributed by atoms with Crippen molar-refractivity contribution in [3.8, 4) is 11.5 Å². The van der Waals surface area contributed by atoms with Crippen LogP contribution in [0.15, 0.2) is 48.5 Å². The fraction of sp³-hybridized carbons (Fsp3) is 0.429. The van der Waals surface area contributed by atoms with E-state index in [1.54, 1.807) is 76.6 Å². The Hall–Kier alpha value is -2.12. The van der Waals surface area contributed by atoms with Gasteiger partial charge in [0.15, 0.2) is 5.79 Å². The molecule has 0 saturated carbocycles. The van der Waals surface area contributed by atoms with Crippen LogP contribution in [-0.2, 0) is 9.47 Å². The van der Waals surface area contributed by atoms with Gasteiger partial charge >= 0.3 is 0 Å². The molecule has 0 bridgehead atoms. The summed E-state index contributed by atoms with van der Waals surface area (Å²) in [6.07, 6.45) is -3.39. The Morgan fingerprint density at radius 1 is 0.741 bits per heavy atom. The van der Waals surface area contributed by atoms with E-state index in [1.165, 1.54) is 0 Å². The maximum atomic E-state index is 10.9. The van der Waals surface area contributed by atoms with E-state index in [1.807, 2.05) is 0 Å². The zero-order valence-corrected chi connectivity index (χ0v) is 16.0. The van der Waals surface area contributed by atoms with E-state index in [2.05, 4.69) is 0 Å². The van der Waals surface area contributed by atoms with Gasteiger partial charge in [0, 0.05) is 0 Å². The maximum Gasteiger partial charge on any atom is 0.164 e. The summed E-state index contributed by atoms with van der Waals surface area (Å²) < 4.78 is 22.2. The quantitative estimate of drug-likeness (QED) is 0.809. The van der Waals surface area contributed by atoms with Crippen molar-refractivity contribution in [3.63, 3.8) is 0 Å². The molecule has 27 heavy (non-hydrogen) atoms. The molecule has 6 nitrogen and oxygen atoms in total. The Kier molecular flexibility index (Phi) is 5.72. The minimum atomic E-state index is -0.962. The second-order valence-corrected chi connectivity index (χ2v) is 7.00. The number of hydrogen-bond donors (Lipinski definition) is 2. The number of aliphatic hydroxyl groups excluding tert-OH is 2. The molecule has 0 amide bonds. The Morgan fingerprint density at radius 3 is 1.37 bits per heavy atom. The molecule has 0 unspecified atom stereocenters. The van der Waals surface area contributed by atoms with Crippen LogP contribution in [-0.4, -0.2) is 42.4 Å². The molecule has 146 valence electrons. The normalized spacial score (nSPS) is 23.6. The predicted octanol–water partition coefficient (Wildman–Crippen LogP) is 2.99. The standard InChI is InChI=1S/C21H26O6/c1-21(2)26-19(17(22)13-5-9-15(24-3)10-6-13)20(27-21)18(23)14-7-11-16(25-4)12-8-14/h5-12,17-20,22-23H,1-4H3/t17-,18-,19+,20+/m1/s1. The summed E-state index contributed by atoms with van der Waals surface area (Å²) in [6.45, 7) is 3.53. The number of methoxy groups -OCH3 is 2. The van der Waals surface area contributed by atoms with E-state index in [4.69, 9.17) is 18.9 Å². The van der Waals surface area contributed by atoms with Gasteiger partial charge < -0.3 is 29.2 Å². The molecule has 0 aromatic heterocycles. The van der Waals surface area contributed by atoms with Crippen LogP contribution in [0.3, 0.4) is 0 Å². The molecule has 3 rings (SSSR count). The van der Waals surface area contributed by atoms with Crippen molar-refractivity contribution in [3.05, 3.63) is 59.7 Å². The lowest BCUT2D eigenvalue weighted by molar-refractivity contribution is -0.161. The summed E-state index contributed by atoms with van der Waals surface area (Å²) in [6, 6.07) is 14.2. The lowest BCUT2D eigenvalue weighted by atomic mass is 9.94. The van der Waals surface area contributed by atoms with Gasteiger partial charge in [0.2, 0.25) is 0 Å². The second kappa shape index (κ2) is 7.86. The minimum absolute atomic E-state index is 0.661. The molecule has 1 heterocycles. The fourth-order valence-corrected chi connectivity index (χ4v) is 3.29. The lowest BCUT2D eigenvalue weighted by Crippen LogP contribution is -2.34. The SMILES string of the molecule is COc1ccc([C@@H](O)[C@@H]2OC(C)(C)O[C@H]2[C@H](O)c2ccc(OC)cc2)cc1. The Balaban J connectivity index is 1.84. The summed E-state index contributed by atoms with van der Waals surface area (Å²) in [5, 5.41) is 21.8. The van der Waals surface area contributed by atoms with Gasteiger partial charge in [-0.05, 0) is 49.2 Å². The van der Waals surface area contributed by atoms with Crippen LogP contribution >= 0.6 is 0 Å². The highest BCUT2D eigenvalue weighted by Gasteiger charge is 2.48. The van der Waals surface area contributed by atoms with Crippen molar-refractivity contribution in [2.24, 2.45) is 0 Å². The molecular formula is C21H26O6. The van der Waals surface area contributed by atoms with Gasteiger partial charge in [-0.25, -0.2) is 0 Å². The second-order valence-electron chi connectivity index (χ2n) is 7.00. The van der Waals surface area contributed by atoms with Crippen LogP contribution < -0.4 is 9.47 Å². The van der Waals surface area contributed by atoms with Gasteiger partial charge in [-0.3, -0.25) is 0 Å². The first-order valence-electron chi connectivity index (χ1n) is 8.84. The third kappa shape index (κ3) is 4.25. The van der Waals surface area contributed by atoms with Gasteiger partial charge in [0.25, 0.3) is 0 Å². The molecule has 6 heteroatoms. The minimum Gasteiger partial charge on any atom is -0.497 e. The van der Waals surface area contributed by atoms with Crippen molar-refractivity contribution >= 4 is 0 Å². The summed E-state index contributed by atoms with van der Waals surface area (Å²) in [4.78, 5) is 0. The molecular weight excluding hydrogens is 348 g/mol. The number of ether oxygens (including phenoxy) is 4. The average Bonchev–Trinajstić information content (AvgIpc) is 3.02. The van der Waals surface area contributed by atoms with Gasteiger partial charge in [0.05, 0.1) is 14.2 Å². The highest BCUT2D eigenvalue weighted by Crippen LogP contribution is 2.40. The van der Waals surface area contributed by atoms with Crippen molar-refractivity contribution in [2.45, 2.75) is 44.1 Å².